The van der Waals surface area contributed by atoms with Crippen LogP contribution < -0.4 is 5.32 Å². The third kappa shape index (κ3) is 2.42. The van der Waals surface area contributed by atoms with Gasteiger partial charge in [0.25, 0.3) is 0 Å². The Hall–Kier alpha value is -1.49. The number of nitrogens with zero attached hydrogens (tertiary/aromatic N) is 1. The largest absolute Gasteiger partial charge is 0.341 e. The molecule has 0 bridgehead atoms. The predicted octanol–water partition coefficient (Wildman–Crippen LogP) is 1.89. The van der Waals surface area contributed by atoms with E-state index in [0.717, 1.165) is 31.6 Å². The number of amides is 1. The fourth-order valence-corrected chi connectivity index (χ4v) is 3.02. The van der Waals surface area contributed by atoms with Crippen LogP contribution in [0, 0.1) is 17.6 Å². The molecule has 1 aliphatic heterocycles. The van der Waals surface area contributed by atoms with E-state index in [-0.39, 0.29) is 23.8 Å². The van der Waals surface area contributed by atoms with Crippen LogP contribution in [0.5, 0.6) is 0 Å². The van der Waals surface area contributed by atoms with E-state index in [4.69, 9.17) is 0 Å². The summed E-state index contributed by atoms with van der Waals surface area (Å²) in [4.78, 5) is 14.1. The number of carbonyl (C=O) groups excluding carboxylic acids is 1. The summed E-state index contributed by atoms with van der Waals surface area (Å²) in [6.45, 7) is 1.74. The second-order valence-electron chi connectivity index (χ2n) is 5.71. The number of carbonyl (C=O) groups is 1. The Morgan fingerprint density at radius 3 is 2.90 bits per heavy atom. The molecule has 20 heavy (non-hydrogen) atoms. The van der Waals surface area contributed by atoms with Gasteiger partial charge in [0.05, 0.1) is 0 Å². The first-order valence-corrected chi connectivity index (χ1v) is 7.00. The fraction of sp³-hybridized carbons (Fsp3) is 0.533. The summed E-state index contributed by atoms with van der Waals surface area (Å²) in [6.07, 6.45) is 1.57. The molecule has 1 heterocycles. The standard InChI is InChI=1S/C15H18F2N2O/c1-19(10-4-5-18-8-10)15(20)13-7-11(13)12-6-9(16)2-3-14(12)17/h2-3,6,10-11,13,18H,4-5,7-8H2,1H3/t10-,11+,13-/m1/s1. The number of likely N-dealkylation sites (N-methyl/N-ethyl adjacent to an activating group) is 1. The van der Waals surface area contributed by atoms with Crippen molar-refractivity contribution >= 4 is 5.91 Å². The van der Waals surface area contributed by atoms with Crippen LogP contribution in [0.1, 0.15) is 24.3 Å². The number of benzene rings is 1. The highest BCUT2D eigenvalue weighted by Crippen LogP contribution is 2.49. The molecular weight excluding hydrogens is 262 g/mol. The molecule has 3 nitrogen and oxygen atoms in total. The van der Waals surface area contributed by atoms with E-state index in [0.29, 0.717) is 12.0 Å². The molecule has 5 heteroatoms. The van der Waals surface area contributed by atoms with Gasteiger partial charge in [0, 0.05) is 25.6 Å². The van der Waals surface area contributed by atoms with Crippen LogP contribution in [0.4, 0.5) is 8.78 Å². The van der Waals surface area contributed by atoms with Crippen LogP contribution in [0.15, 0.2) is 18.2 Å². The Balaban J connectivity index is 1.69. The molecule has 108 valence electrons. The van der Waals surface area contributed by atoms with Gasteiger partial charge in [-0.05, 0) is 49.1 Å². The van der Waals surface area contributed by atoms with Crippen molar-refractivity contribution in [3.63, 3.8) is 0 Å². The summed E-state index contributed by atoms with van der Waals surface area (Å²) >= 11 is 0. The predicted molar refractivity (Wildman–Crippen MR) is 71.3 cm³/mol. The molecule has 1 aromatic rings. The topological polar surface area (TPSA) is 32.3 Å². The van der Waals surface area contributed by atoms with E-state index in [9.17, 15) is 13.6 Å². The smallest absolute Gasteiger partial charge is 0.226 e. The summed E-state index contributed by atoms with van der Waals surface area (Å²) in [7, 11) is 1.80. The summed E-state index contributed by atoms with van der Waals surface area (Å²) in [6, 6.07) is 3.68. The van der Waals surface area contributed by atoms with Crippen LogP contribution in [-0.4, -0.2) is 37.0 Å². The molecule has 1 aliphatic carbocycles. The lowest BCUT2D eigenvalue weighted by molar-refractivity contribution is -0.133. The summed E-state index contributed by atoms with van der Waals surface area (Å²) in [5.41, 5.74) is 0.335. The van der Waals surface area contributed by atoms with Crippen molar-refractivity contribution in [3.05, 3.63) is 35.4 Å². The average Bonchev–Trinajstić information content (AvgIpc) is 3.03. The van der Waals surface area contributed by atoms with Crippen molar-refractivity contribution in [2.24, 2.45) is 5.92 Å². The van der Waals surface area contributed by atoms with Crippen molar-refractivity contribution in [1.82, 2.24) is 10.2 Å². The molecular formula is C15H18F2N2O. The first-order chi connectivity index (χ1) is 9.58. The van der Waals surface area contributed by atoms with E-state index >= 15 is 0 Å². The van der Waals surface area contributed by atoms with Crippen molar-refractivity contribution in [2.45, 2.75) is 24.8 Å². The third-order valence-corrected chi connectivity index (χ3v) is 4.39. The Kier molecular flexibility index (Phi) is 3.46. The van der Waals surface area contributed by atoms with Crippen LogP contribution in [0.2, 0.25) is 0 Å². The zero-order chi connectivity index (χ0) is 14.3. The molecule has 0 radical (unpaired) electrons. The quantitative estimate of drug-likeness (QED) is 0.917. The zero-order valence-electron chi connectivity index (χ0n) is 11.4. The number of hydrogen-bond donors (Lipinski definition) is 1. The molecule has 1 N–H and O–H groups in total. The molecule has 1 saturated carbocycles. The second-order valence-corrected chi connectivity index (χ2v) is 5.71. The van der Waals surface area contributed by atoms with Gasteiger partial charge in [-0.1, -0.05) is 0 Å². The number of halogens is 2. The molecule has 0 spiro atoms. The van der Waals surface area contributed by atoms with Gasteiger partial charge in [-0.25, -0.2) is 8.78 Å². The molecule has 2 fully saturated rings. The van der Waals surface area contributed by atoms with E-state index in [1.807, 2.05) is 0 Å². The van der Waals surface area contributed by atoms with Crippen molar-refractivity contribution in [1.29, 1.82) is 0 Å². The van der Waals surface area contributed by atoms with Crippen molar-refractivity contribution in [2.75, 3.05) is 20.1 Å². The first-order valence-electron chi connectivity index (χ1n) is 7.00. The lowest BCUT2D eigenvalue weighted by Crippen LogP contribution is -2.39. The summed E-state index contributed by atoms with van der Waals surface area (Å²) in [5.74, 6) is -1.19. The average molecular weight is 280 g/mol. The molecule has 3 rings (SSSR count). The molecule has 0 unspecified atom stereocenters. The molecule has 2 aliphatic rings. The Labute approximate surface area is 117 Å². The van der Waals surface area contributed by atoms with Gasteiger partial charge in [-0.3, -0.25) is 4.79 Å². The zero-order valence-corrected chi connectivity index (χ0v) is 11.4. The number of hydrogen-bond acceptors (Lipinski definition) is 2. The van der Waals surface area contributed by atoms with Gasteiger partial charge in [0.2, 0.25) is 5.91 Å². The van der Waals surface area contributed by atoms with Crippen LogP contribution in [0.3, 0.4) is 0 Å². The van der Waals surface area contributed by atoms with E-state index in [1.165, 1.54) is 6.07 Å². The maximum atomic E-state index is 13.7. The SMILES string of the molecule is CN(C(=O)[C@@H]1C[C@H]1c1cc(F)ccc1F)[C@@H]1CCNC1. The molecule has 0 aromatic heterocycles. The van der Waals surface area contributed by atoms with Crippen molar-refractivity contribution in [3.8, 4) is 0 Å². The Bertz CT molecular complexity index is 529. The lowest BCUT2D eigenvalue weighted by Gasteiger charge is -2.24. The monoisotopic (exact) mass is 280 g/mol. The van der Waals surface area contributed by atoms with Gasteiger partial charge in [0.1, 0.15) is 11.6 Å². The highest BCUT2D eigenvalue weighted by atomic mass is 19.1. The van der Waals surface area contributed by atoms with Gasteiger partial charge < -0.3 is 10.2 Å². The third-order valence-electron chi connectivity index (χ3n) is 4.39. The minimum atomic E-state index is -0.451. The normalized spacial score (nSPS) is 28.4. The molecule has 3 atom stereocenters. The van der Waals surface area contributed by atoms with Gasteiger partial charge in [0.15, 0.2) is 0 Å². The van der Waals surface area contributed by atoms with Crippen LogP contribution in [-0.2, 0) is 4.79 Å². The molecule has 1 saturated heterocycles. The first kappa shape index (κ1) is 13.5. The number of rotatable bonds is 3. The van der Waals surface area contributed by atoms with Gasteiger partial charge >= 0.3 is 0 Å². The van der Waals surface area contributed by atoms with E-state index in [2.05, 4.69) is 5.32 Å². The maximum Gasteiger partial charge on any atom is 0.226 e. The number of nitrogens with one attached hydrogen (secondary N) is 1. The fourth-order valence-electron chi connectivity index (χ4n) is 3.02. The summed E-state index contributed by atoms with van der Waals surface area (Å²) in [5, 5.41) is 3.22. The Morgan fingerprint density at radius 2 is 2.20 bits per heavy atom. The molecule has 1 aromatic carbocycles. The van der Waals surface area contributed by atoms with Gasteiger partial charge in [-0.15, -0.1) is 0 Å². The van der Waals surface area contributed by atoms with Gasteiger partial charge in [-0.2, -0.15) is 0 Å². The summed E-state index contributed by atoms with van der Waals surface area (Å²) < 4.78 is 26.9. The van der Waals surface area contributed by atoms with Crippen LogP contribution in [0.25, 0.3) is 0 Å². The molecule has 1 amide bonds. The highest BCUT2D eigenvalue weighted by molar-refractivity contribution is 5.83. The highest BCUT2D eigenvalue weighted by Gasteiger charge is 2.47. The lowest BCUT2D eigenvalue weighted by atomic mass is 10.1. The van der Waals surface area contributed by atoms with Crippen LogP contribution >= 0.6 is 0 Å². The Morgan fingerprint density at radius 1 is 1.40 bits per heavy atom. The van der Waals surface area contributed by atoms with Crippen molar-refractivity contribution < 1.29 is 13.6 Å². The van der Waals surface area contributed by atoms with E-state index < -0.39 is 11.6 Å². The van der Waals surface area contributed by atoms with E-state index in [1.54, 1.807) is 11.9 Å². The second kappa shape index (κ2) is 5.13. The minimum absolute atomic E-state index is 0.0485. The maximum absolute atomic E-state index is 13.7. The minimum Gasteiger partial charge on any atom is -0.341 e.